The normalized spacial score (nSPS) is 19.8. The Hall–Kier alpha value is -1.62. The molecule has 20 heavy (non-hydrogen) atoms. The zero-order valence-corrected chi connectivity index (χ0v) is 12.2. The summed E-state index contributed by atoms with van der Waals surface area (Å²) in [6.45, 7) is 7.99. The molecule has 1 unspecified atom stereocenters. The summed E-state index contributed by atoms with van der Waals surface area (Å²) in [7, 11) is 0. The van der Waals surface area contributed by atoms with Gasteiger partial charge in [0.05, 0.1) is 11.7 Å². The highest BCUT2D eigenvalue weighted by Gasteiger charge is 2.34. The number of nitrogens with one attached hydrogen (secondary N) is 1. The van der Waals surface area contributed by atoms with Gasteiger partial charge in [-0.25, -0.2) is 4.39 Å². The summed E-state index contributed by atoms with van der Waals surface area (Å²) in [4.78, 5) is 14.3. The van der Waals surface area contributed by atoms with Gasteiger partial charge in [0.25, 0.3) is 0 Å². The zero-order valence-electron chi connectivity index (χ0n) is 12.2. The van der Waals surface area contributed by atoms with Gasteiger partial charge in [-0.3, -0.25) is 9.69 Å². The molecule has 1 saturated heterocycles. The number of nitrogens with two attached hydrogens (primary N) is 1. The number of amides is 1. The summed E-state index contributed by atoms with van der Waals surface area (Å²) in [6.07, 6.45) is 1.07. The molecule has 0 aromatic heterocycles. The molecule has 1 aliphatic rings. The first-order chi connectivity index (χ1) is 9.28. The van der Waals surface area contributed by atoms with Crippen molar-refractivity contribution in [2.24, 2.45) is 5.41 Å². The van der Waals surface area contributed by atoms with E-state index in [0.29, 0.717) is 5.69 Å². The molecule has 1 amide bonds. The number of benzene rings is 1. The van der Waals surface area contributed by atoms with Crippen LogP contribution in [0.1, 0.15) is 27.2 Å². The van der Waals surface area contributed by atoms with E-state index in [0.717, 1.165) is 19.5 Å². The van der Waals surface area contributed by atoms with Gasteiger partial charge in [-0.1, -0.05) is 13.8 Å². The standard InChI is InChI=1S/C15H22FN3O/c1-10(19-7-6-15(2,3)9-19)14(20)18-13-8-11(17)4-5-12(13)16/h4-5,8,10H,6-7,9,17H2,1-3H3,(H,18,20). The molecule has 2 rings (SSSR count). The largest absolute Gasteiger partial charge is 0.399 e. The number of hydrogen-bond acceptors (Lipinski definition) is 3. The van der Waals surface area contributed by atoms with Crippen molar-refractivity contribution in [3.63, 3.8) is 0 Å². The number of nitrogen functional groups attached to an aromatic ring is 1. The molecule has 0 bridgehead atoms. The fourth-order valence-corrected chi connectivity index (χ4v) is 2.53. The van der Waals surface area contributed by atoms with Gasteiger partial charge in [-0.15, -0.1) is 0 Å². The average Bonchev–Trinajstić information content (AvgIpc) is 2.73. The van der Waals surface area contributed by atoms with Gasteiger partial charge in [-0.05, 0) is 43.5 Å². The minimum Gasteiger partial charge on any atom is -0.399 e. The van der Waals surface area contributed by atoms with Gasteiger partial charge in [0.2, 0.25) is 5.91 Å². The summed E-state index contributed by atoms with van der Waals surface area (Å²) < 4.78 is 13.6. The van der Waals surface area contributed by atoms with Gasteiger partial charge in [0.15, 0.2) is 0 Å². The summed E-state index contributed by atoms with van der Waals surface area (Å²) in [5.41, 5.74) is 6.41. The molecule has 1 heterocycles. The molecule has 1 aromatic rings. The lowest BCUT2D eigenvalue weighted by Crippen LogP contribution is -2.41. The lowest BCUT2D eigenvalue weighted by Gasteiger charge is -2.25. The maximum atomic E-state index is 13.6. The Labute approximate surface area is 119 Å². The lowest BCUT2D eigenvalue weighted by atomic mass is 9.93. The molecule has 0 aliphatic carbocycles. The predicted molar refractivity (Wildman–Crippen MR) is 78.9 cm³/mol. The maximum absolute atomic E-state index is 13.6. The first-order valence-corrected chi connectivity index (χ1v) is 6.88. The number of carbonyl (C=O) groups is 1. The minimum absolute atomic E-state index is 0.139. The van der Waals surface area contributed by atoms with E-state index in [1.54, 1.807) is 0 Å². The number of nitrogens with zero attached hydrogens (tertiary/aromatic N) is 1. The molecule has 5 heteroatoms. The van der Waals surface area contributed by atoms with Crippen LogP contribution in [0, 0.1) is 11.2 Å². The van der Waals surface area contributed by atoms with Crippen molar-refractivity contribution in [2.45, 2.75) is 33.2 Å². The topological polar surface area (TPSA) is 58.4 Å². The van der Waals surface area contributed by atoms with E-state index in [9.17, 15) is 9.18 Å². The highest BCUT2D eigenvalue weighted by molar-refractivity contribution is 5.95. The van der Waals surface area contributed by atoms with Gasteiger partial charge < -0.3 is 11.1 Å². The van der Waals surface area contributed by atoms with Crippen LogP contribution >= 0.6 is 0 Å². The molecule has 1 aliphatic heterocycles. The van der Waals surface area contributed by atoms with E-state index in [1.807, 2.05) is 6.92 Å². The number of anilines is 2. The fraction of sp³-hybridized carbons (Fsp3) is 0.533. The highest BCUT2D eigenvalue weighted by atomic mass is 19.1. The molecule has 110 valence electrons. The molecule has 1 aromatic carbocycles. The third-order valence-corrected chi connectivity index (χ3v) is 3.88. The van der Waals surface area contributed by atoms with E-state index in [-0.39, 0.29) is 23.1 Å². The molecule has 1 fully saturated rings. The molecular formula is C15H22FN3O. The van der Waals surface area contributed by atoms with Crippen LogP contribution in [0.5, 0.6) is 0 Å². The predicted octanol–water partition coefficient (Wildman–Crippen LogP) is 2.47. The molecular weight excluding hydrogens is 257 g/mol. The summed E-state index contributed by atoms with van der Waals surface area (Å²) in [5, 5.41) is 2.62. The van der Waals surface area contributed by atoms with Crippen LogP contribution in [-0.2, 0) is 4.79 Å². The number of halogens is 1. The van der Waals surface area contributed by atoms with E-state index in [4.69, 9.17) is 5.73 Å². The van der Waals surface area contributed by atoms with Crippen LogP contribution in [-0.4, -0.2) is 29.9 Å². The van der Waals surface area contributed by atoms with E-state index in [1.165, 1.54) is 18.2 Å². The van der Waals surface area contributed by atoms with Crippen molar-refractivity contribution in [2.75, 3.05) is 24.1 Å². The molecule has 4 nitrogen and oxygen atoms in total. The lowest BCUT2D eigenvalue weighted by molar-refractivity contribution is -0.120. The molecule has 0 saturated carbocycles. The number of carbonyl (C=O) groups excluding carboxylic acids is 1. The van der Waals surface area contributed by atoms with Gasteiger partial charge >= 0.3 is 0 Å². The second-order valence-electron chi connectivity index (χ2n) is 6.29. The molecule has 0 radical (unpaired) electrons. The van der Waals surface area contributed by atoms with Crippen molar-refractivity contribution in [3.05, 3.63) is 24.0 Å². The first kappa shape index (κ1) is 14.8. The zero-order chi connectivity index (χ0) is 14.9. The molecule has 0 spiro atoms. The smallest absolute Gasteiger partial charge is 0.241 e. The highest BCUT2D eigenvalue weighted by Crippen LogP contribution is 2.30. The second-order valence-corrected chi connectivity index (χ2v) is 6.29. The van der Waals surface area contributed by atoms with Crippen molar-refractivity contribution in [1.29, 1.82) is 0 Å². The fourth-order valence-electron chi connectivity index (χ4n) is 2.53. The number of hydrogen-bond donors (Lipinski definition) is 2. The molecule has 3 N–H and O–H groups in total. The van der Waals surface area contributed by atoms with Gasteiger partial charge in [-0.2, -0.15) is 0 Å². The monoisotopic (exact) mass is 279 g/mol. The summed E-state index contributed by atoms with van der Waals surface area (Å²) >= 11 is 0. The SMILES string of the molecule is CC(C(=O)Nc1cc(N)ccc1F)N1CCC(C)(C)C1. The first-order valence-electron chi connectivity index (χ1n) is 6.88. The Morgan fingerprint density at radius 1 is 1.50 bits per heavy atom. The van der Waals surface area contributed by atoms with E-state index < -0.39 is 5.82 Å². The van der Waals surface area contributed by atoms with Crippen LogP contribution in [0.2, 0.25) is 0 Å². The minimum atomic E-state index is -0.471. The van der Waals surface area contributed by atoms with Crippen LogP contribution in [0.4, 0.5) is 15.8 Å². The van der Waals surface area contributed by atoms with Crippen LogP contribution in [0.3, 0.4) is 0 Å². The van der Waals surface area contributed by atoms with E-state index >= 15 is 0 Å². The van der Waals surface area contributed by atoms with Crippen molar-refractivity contribution in [1.82, 2.24) is 4.90 Å². The number of likely N-dealkylation sites (tertiary alicyclic amines) is 1. The van der Waals surface area contributed by atoms with Gasteiger partial charge in [0.1, 0.15) is 5.82 Å². The Kier molecular flexibility index (Phi) is 3.99. The quantitative estimate of drug-likeness (QED) is 0.836. The second kappa shape index (κ2) is 5.40. The third kappa shape index (κ3) is 3.28. The maximum Gasteiger partial charge on any atom is 0.241 e. The van der Waals surface area contributed by atoms with Crippen LogP contribution < -0.4 is 11.1 Å². The van der Waals surface area contributed by atoms with Crippen LogP contribution in [0.25, 0.3) is 0 Å². The molecule has 1 atom stereocenters. The summed E-state index contributed by atoms with van der Waals surface area (Å²) in [5.74, 6) is -0.672. The number of rotatable bonds is 3. The van der Waals surface area contributed by atoms with Crippen molar-refractivity contribution >= 4 is 17.3 Å². The Balaban J connectivity index is 2.03. The Morgan fingerprint density at radius 3 is 2.80 bits per heavy atom. The third-order valence-electron chi connectivity index (χ3n) is 3.88. The van der Waals surface area contributed by atoms with E-state index in [2.05, 4.69) is 24.1 Å². The van der Waals surface area contributed by atoms with Crippen LogP contribution in [0.15, 0.2) is 18.2 Å². The summed E-state index contributed by atoms with van der Waals surface area (Å²) in [6, 6.07) is 3.89. The van der Waals surface area contributed by atoms with Crippen molar-refractivity contribution in [3.8, 4) is 0 Å². The van der Waals surface area contributed by atoms with Gasteiger partial charge in [0, 0.05) is 12.2 Å². The Morgan fingerprint density at radius 2 is 2.20 bits per heavy atom. The average molecular weight is 279 g/mol. The Bertz CT molecular complexity index is 516. The van der Waals surface area contributed by atoms with Crippen molar-refractivity contribution < 1.29 is 9.18 Å².